The van der Waals surface area contributed by atoms with Gasteiger partial charge < -0.3 is 19.7 Å². The highest BCUT2D eigenvalue weighted by molar-refractivity contribution is 5.97. The molecule has 218 valence electrons. The Hall–Kier alpha value is -5.81. The molecule has 0 amide bonds. The lowest BCUT2D eigenvalue weighted by Crippen LogP contribution is -2.33. The lowest BCUT2D eigenvalue weighted by molar-refractivity contribution is 0.0224. The molecule has 1 atom stereocenters. The van der Waals surface area contributed by atoms with Gasteiger partial charge >= 0.3 is 5.97 Å². The largest absolute Gasteiger partial charge is 0.456 e. The molecule has 2 heterocycles. The first kappa shape index (κ1) is 26.8. The lowest BCUT2D eigenvalue weighted by atomic mass is 9.77. The number of benzene rings is 6. The standard InChI is InChI=1S/C40H30N2O3/c1-27-23-37-35(25-36(27)41-29-15-7-3-8-16-29)40(33-20-12-11-19-32(33)39(43)45-40)34-22-21-31(24-38(34)44-37)42(30-17-9-4-10-18-30)26-28-13-5-2-6-14-28/h2-25,41H,26H2,1H3. The molecule has 0 fully saturated rings. The van der Waals surface area contributed by atoms with E-state index in [2.05, 4.69) is 71.7 Å². The minimum atomic E-state index is -1.16. The first-order chi connectivity index (χ1) is 22.1. The number of nitrogens with one attached hydrogen (secondary N) is 1. The van der Waals surface area contributed by atoms with Gasteiger partial charge in [-0.2, -0.15) is 0 Å². The van der Waals surface area contributed by atoms with Crippen LogP contribution in [-0.2, 0) is 16.9 Å². The molecule has 8 rings (SSSR count). The number of nitrogens with zero attached hydrogens (tertiary/aromatic N) is 1. The van der Waals surface area contributed by atoms with Crippen LogP contribution in [0.25, 0.3) is 0 Å². The molecule has 0 radical (unpaired) electrons. The molecule has 1 unspecified atom stereocenters. The molecule has 5 heteroatoms. The average Bonchev–Trinajstić information content (AvgIpc) is 3.38. The molecule has 1 N–H and O–H groups in total. The zero-order chi connectivity index (χ0) is 30.4. The van der Waals surface area contributed by atoms with Crippen LogP contribution in [0.4, 0.5) is 22.7 Å². The maximum atomic E-state index is 13.5. The predicted molar refractivity (Wildman–Crippen MR) is 178 cm³/mol. The number of fused-ring (bicyclic) bond motifs is 6. The van der Waals surface area contributed by atoms with Crippen LogP contribution in [-0.4, -0.2) is 5.97 Å². The van der Waals surface area contributed by atoms with Crippen LogP contribution in [0.2, 0.25) is 0 Å². The van der Waals surface area contributed by atoms with E-state index in [0.717, 1.165) is 45.0 Å². The molecule has 0 bridgehead atoms. The van der Waals surface area contributed by atoms with E-state index in [9.17, 15) is 4.79 Å². The van der Waals surface area contributed by atoms with Gasteiger partial charge in [0.05, 0.1) is 5.56 Å². The zero-order valence-corrected chi connectivity index (χ0v) is 24.7. The number of esters is 1. The van der Waals surface area contributed by atoms with Gasteiger partial charge in [-0.05, 0) is 72.6 Å². The number of rotatable bonds is 6. The van der Waals surface area contributed by atoms with Crippen molar-refractivity contribution in [3.05, 3.63) is 179 Å². The smallest absolute Gasteiger partial charge is 0.340 e. The van der Waals surface area contributed by atoms with Crippen LogP contribution < -0.4 is 15.0 Å². The Labute approximate surface area is 262 Å². The third-order valence-electron chi connectivity index (χ3n) is 8.66. The Morgan fingerprint density at radius 1 is 0.644 bits per heavy atom. The normalized spacial score (nSPS) is 15.8. The first-order valence-electron chi connectivity index (χ1n) is 15.1. The maximum absolute atomic E-state index is 13.5. The Balaban J connectivity index is 1.30. The second-order valence-electron chi connectivity index (χ2n) is 11.5. The fraction of sp³-hybridized carbons (Fsp3) is 0.0750. The van der Waals surface area contributed by atoms with Crippen LogP contribution in [0.5, 0.6) is 11.5 Å². The summed E-state index contributed by atoms with van der Waals surface area (Å²) in [5, 5.41) is 3.55. The van der Waals surface area contributed by atoms with E-state index < -0.39 is 5.60 Å². The Bertz CT molecular complexity index is 2040. The van der Waals surface area contributed by atoms with Crippen molar-refractivity contribution >= 4 is 28.7 Å². The maximum Gasteiger partial charge on any atom is 0.340 e. The number of ether oxygens (including phenoxy) is 2. The van der Waals surface area contributed by atoms with Crippen LogP contribution in [0.3, 0.4) is 0 Å². The van der Waals surface area contributed by atoms with Crippen molar-refractivity contribution in [1.29, 1.82) is 0 Å². The monoisotopic (exact) mass is 586 g/mol. The highest BCUT2D eigenvalue weighted by Gasteiger charge is 2.53. The number of carbonyl (C=O) groups is 1. The van der Waals surface area contributed by atoms with Gasteiger partial charge in [-0.3, -0.25) is 0 Å². The number of hydrogen-bond acceptors (Lipinski definition) is 5. The molecule has 5 nitrogen and oxygen atoms in total. The lowest BCUT2D eigenvalue weighted by Gasteiger charge is -2.38. The topological polar surface area (TPSA) is 50.8 Å². The number of carbonyl (C=O) groups excluding carboxylic acids is 1. The summed E-state index contributed by atoms with van der Waals surface area (Å²) in [6, 6.07) is 48.8. The predicted octanol–water partition coefficient (Wildman–Crippen LogP) is 9.64. The summed E-state index contributed by atoms with van der Waals surface area (Å²) in [7, 11) is 0. The highest BCUT2D eigenvalue weighted by atomic mass is 16.6. The molecular formula is C40H30N2O3. The molecule has 0 saturated heterocycles. The van der Waals surface area contributed by atoms with Crippen LogP contribution in [0.1, 0.15) is 38.2 Å². The van der Waals surface area contributed by atoms with Gasteiger partial charge in [0.1, 0.15) is 11.5 Å². The molecule has 6 aromatic rings. The number of hydrogen-bond donors (Lipinski definition) is 1. The first-order valence-corrected chi connectivity index (χ1v) is 15.1. The summed E-state index contributed by atoms with van der Waals surface area (Å²) >= 11 is 0. The summed E-state index contributed by atoms with van der Waals surface area (Å²) < 4.78 is 13.2. The van der Waals surface area contributed by atoms with Crippen molar-refractivity contribution in [3.63, 3.8) is 0 Å². The van der Waals surface area contributed by atoms with Gasteiger partial charge in [0.2, 0.25) is 0 Å². The Kier molecular flexibility index (Phi) is 6.38. The highest BCUT2D eigenvalue weighted by Crippen LogP contribution is 2.57. The van der Waals surface area contributed by atoms with Crippen LogP contribution in [0, 0.1) is 6.92 Å². The minimum Gasteiger partial charge on any atom is -0.456 e. The molecule has 0 saturated carbocycles. The van der Waals surface area contributed by atoms with Gasteiger partial charge in [0.25, 0.3) is 0 Å². The SMILES string of the molecule is Cc1cc2c(cc1Nc1ccccc1)C1(OC(=O)c3ccccc31)c1ccc(N(Cc3ccccc3)c3ccccc3)cc1O2. The number of aryl methyl sites for hydroxylation is 1. The van der Waals surface area contributed by atoms with Gasteiger partial charge in [-0.1, -0.05) is 84.9 Å². The third-order valence-corrected chi connectivity index (χ3v) is 8.66. The van der Waals surface area contributed by atoms with Gasteiger partial charge in [0.15, 0.2) is 5.60 Å². The van der Waals surface area contributed by atoms with Crippen molar-refractivity contribution in [2.24, 2.45) is 0 Å². The number of para-hydroxylation sites is 2. The van der Waals surface area contributed by atoms with Gasteiger partial charge in [-0.25, -0.2) is 4.79 Å². The molecular weight excluding hydrogens is 556 g/mol. The summed E-state index contributed by atoms with van der Waals surface area (Å²) in [6.07, 6.45) is 0. The fourth-order valence-electron chi connectivity index (χ4n) is 6.49. The van der Waals surface area contributed by atoms with E-state index in [0.29, 0.717) is 23.6 Å². The molecule has 2 aliphatic heterocycles. The van der Waals surface area contributed by atoms with E-state index in [1.54, 1.807) is 0 Å². The third kappa shape index (κ3) is 4.52. The van der Waals surface area contributed by atoms with E-state index >= 15 is 0 Å². The quantitative estimate of drug-likeness (QED) is 0.197. The van der Waals surface area contributed by atoms with Crippen molar-refractivity contribution in [3.8, 4) is 11.5 Å². The molecule has 2 aliphatic rings. The molecule has 0 aromatic heterocycles. The van der Waals surface area contributed by atoms with Crippen LogP contribution >= 0.6 is 0 Å². The summed E-state index contributed by atoms with van der Waals surface area (Å²) in [6.45, 7) is 2.73. The van der Waals surface area contributed by atoms with Crippen LogP contribution in [0.15, 0.2) is 146 Å². The Morgan fingerprint density at radius 3 is 2.09 bits per heavy atom. The van der Waals surface area contributed by atoms with E-state index in [1.165, 1.54) is 5.56 Å². The summed E-state index contributed by atoms with van der Waals surface area (Å²) in [5.41, 5.74) is 7.92. The molecule has 1 spiro atoms. The minimum absolute atomic E-state index is 0.346. The Morgan fingerprint density at radius 2 is 1.31 bits per heavy atom. The van der Waals surface area contributed by atoms with E-state index in [-0.39, 0.29) is 5.97 Å². The molecule has 6 aromatic carbocycles. The van der Waals surface area contributed by atoms with E-state index in [4.69, 9.17) is 9.47 Å². The van der Waals surface area contributed by atoms with Crippen molar-refractivity contribution in [1.82, 2.24) is 0 Å². The fourth-order valence-corrected chi connectivity index (χ4v) is 6.49. The number of anilines is 4. The second kappa shape index (κ2) is 10.7. The molecule has 45 heavy (non-hydrogen) atoms. The summed E-state index contributed by atoms with van der Waals surface area (Å²) in [4.78, 5) is 15.7. The zero-order valence-electron chi connectivity index (χ0n) is 24.7. The summed E-state index contributed by atoms with van der Waals surface area (Å²) in [5.74, 6) is 0.970. The van der Waals surface area contributed by atoms with Crippen molar-refractivity contribution in [2.45, 2.75) is 19.1 Å². The van der Waals surface area contributed by atoms with Crippen molar-refractivity contribution < 1.29 is 14.3 Å². The van der Waals surface area contributed by atoms with Gasteiger partial charge in [-0.15, -0.1) is 0 Å². The van der Waals surface area contributed by atoms with E-state index in [1.807, 2.05) is 91.0 Å². The van der Waals surface area contributed by atoms with Gasteiger partial charge in [0, 0.05) is 52.1 Å². The molecule has 0 aliphatic carbocycles. The van der Waals surface area contributed by atoms with Crippen molar-refractivity contribution in [2.75, 3.05) is 10.2 Å². The second-order valence-corrected chi connectivity index (χ2v) is 11.5. The average molecular weight is 587 g/mol.